The molecule has 2 heterocycles. The largest absolute Gasteiger partial charge is 0.468 e. The minimum Gasteiger partial charge on any atom is -0.468 e. The van der Waals surface area contributed by atoms with Crippen LogP contribution in [0.15, 0.2) is 48.5 Å². The molecule has 2 aliphatic heterocycles. The molecule has 0 aliphatic carbocycles. The predicted octanol–water partition coefficient (Wildman–Crippen LogP) is 2.39. The van der Waals surface area contributed by atoms with E-state index in [1.165, 1.54) is 19.2 Å². The van der Waals surface area contributed by atoms with Crippen molar-refractivity contribution in [3.63, 3.8) is 0 Å². The molecule has 0 radical (unpaired) electrons. The summed E-state index contributed by atoms with van der Waals surface area (Å²) in [5, 5.41) is 13.2. The van der Waals surface area contributed by atoms with Crippen molar-refractivity contribution in [1.82, 2.24) is 4.90 Å². The van der Waals surface area contributed by atoms with Crippen LogP contribution in [0.3, 0.4) is 0 Å². The van der Waals surface area contributed by atoms with E-state index >= 15 is 0 Å². The first-order valence-corrected chi connectivity index (χ1v) is 8.80. The maximum Gasteiger partial charge on any atom is 0.329 e. The van der Waals surface area contributed by atoms with Gasteiger partial charge in [0.05, 0.1) is 13.2 Å². The van der Waals surface area contributed by atoms with Gasteiger partial charge in [-0.1, -0.05) is 30.3 Å². The average molecular weight is 379 g/mol. The van der Waals surface area contributed by atoms with E-state index in [-0.39, 0.29) is 6.54 Å². The van der Waals surface area contributed by atoms with Crippen molar-refractivity contribution in [2.45, 2.75) is 11.5 Å². The minimum absolute atomic E-state index is 0.246. The van der Waals surface area contributed by atoms with Crippen molar-refractivity contribution in [2.24, 2.45) is 5.41 Å². The number of carbonyl (C=O) groups is 2. The molecule has 0 aromatic heterocycles. The summed E-state index contributed by atoms with van der Waals surface area (Å²) in [7, 11) is 2.91. The first-order valence-electron chi connectivity index (χ1n) is 8.80. The summed E-state index contributed by atoms with van der Waals surface area (Å²) in [5.74, 6) is -2.35. The van der Waals surface area contributed by atoms with E-state index in [0.717, 1.165) is 0 Å². The van der Waals surface area contributed by atoms with Crippen LogP contribution in [0.25, 0.3) is 0 Å². The molecule has 2 aromatic rings. The molecule has 1 N–H and O–H groups in total. The van der Waals surface area contributed by atoms with Gasteiger partial charge in [0.1, 0.15) is 5.82 Å². The molecule has 0 unspecified atom stereocenters. The Kier molecular flexibility index (Phi) is 3.98. The van der Waals surface area contributed by atoms with Gasteiger partial charge in [0.2, 0.25) is 0 Å². The van der Waals surface area contributed by atoms with Gasteiger partial charge in [0, 0.05) is 23.7 Å². The topological polar surface area (TPSA) is 82.4 Å². The first kappa shape index (κ1) is 18.1. The SMILES string of the molecule is COC(=O)[C@]1(C#N)[C@@H](c2ccc(F)cc2)CN(C)[C@@]12C(=O)Nc1ccccc12. The second kappa shape index (κ2) is 6.14. The number of likely N-dealkylation sites (N-methyl/N-ethyl adjacent to an activating group) is 1. The third-order valence-electron chi connectivity index (χ3n) is 5.97. The molecular weight excluding hydrogens is 361 g/mol. The molecule has 1 spiro atoms. The van der Waals surface area contributed by atoms with Gasteiger partial charge in [-0.05, 0) is 30.8 Å². The molecule has 1 fully saturated rings. The highest BCUT2D eigenvalue weighted by Crippen LogP contribution is 2.62. The lowest BCUT2D eigenvalue weighted by Crippen LogP contribution is -2.58. The number of hydrogen-bond donors (Lipinski definition) is 1. The summed E-state index contributed by atoms with van der Waals surface area (Å²) in [6, 6.07) is 14.8. The molecule has 1 saturated heterocycles. The number of nitrogens with zero attached hydrogens (tertiary/aromatic N) is 2. The number of likely N-dealkylation sites (tertiary alicyclic amines) is 1. The van der Waals surface area contributed by atoms with Crippen LogP contribution in [-0.4, -0.2) is 37.5 Å². The predicted molar refractivity (Wildman–Crippen MR) is 98.6 cm³/mol. The van der Waals surface area contributed by atoms with Crippen molar-refractivity contribution in [3.05, 3.63) is 65.5 Å². The van der Waals surface area contributed by atoms with E-state index in [0.29, 0.717) is 16.8 Å². The number of fused-ring (bicyclic) bond motifs is 2. The van der Waals surface area contributed by atoms with Gasteiger partial charge < -0.3 is 10.1 Å². The van der Waals surface area contributed by atoms with Gasteiger partial charge in [0.25, 0.3) is 5.91 Å². The zero-order chi connectivity index (χ0) is 20.1. The number of ether oxygens (including phenoxy) is 1. The highest BCUT2D eigenvalue weighted by Gasteiger charge is 2.75. The Bertz CT molecular complexity index is 1020. The Hall–Kier alpha value is -3.24. The normalized spacial score (nSPS) is 28.6. The molecular formula is C21H18FN3O3. The van der Waals surface area contributed by atoms with Crippen LogP contribution in [0, 0.1) is 22.6 Å². The number of hydrogen-bond acceptors (Lipinski definition) is 5. The second-order valence-corrected chi connectivity index (χ2v) is 7.11. The molecule has 1 amide bonds. The first-order chi connectivity index (χ1) is 13.4. The molecule has 6 nitrogen and oxygen atoms in total. The van der Waals surface area contributed by atoms with Crippen LogP contribution in [0.4, 0.5) is 10.1 Å². The number of carbonyl (C=O) groups excluding carboxylic acids is 2. The fraction of sp³-hybridized carbons (Fsp3) is 0.286. The van der Waals surface area contributed by atoms with Gasteiger partial charge in [0.15, 0.2) is 11.0 Å². The summed E-state index contributed by atoms with van der Waals surface area (Å²) in [4.78, 5) is 28.2. The average Bonchev–Trinajstić information content (AvgIpc) is 3.16. The smallest absolute Gasteiger partial charge is 0.329 e. The number of esters is 1. The lowest BCUT2D eigenvalue weighted by molar-refractivity contribution is -0.158. The van der Waals surface area contributed by atoms with E-state index in [1.807, 2.05) is 0 Å². The zero-order valence-electron chi connectivity index (χ0n) is 15.4. The highest BCUT2D eigenvalue weighted by molar-refractivity contribution is 6.11. The van der Waals surface area contributed by atoms with Crippen molar-refractivity contribution in [2.75, 3.05) is 26.0 Å². The van der Waals surface area contributed by atoms with Crippen molar-refractivity contribution in [3.8, 4) is 6.07 Å². The maximum atomic E-state index is 13.5. The van der Waals surface area contributed by atoms with E-state index in [9.17, 15) is 19.2 Å². The fourth-order valence-electron chi connectivity index (χ4n) is 4.82. The van der Waals surface area contributed by atoms with Gasteiger partial charge in [-0.25, -0.2) is 4.39 Å². The number of anilines is 1. The van der Waals surface area contributed by atoms with Gasteiger partial charge >= 0.3 is 5.97 Å². The number of para-hydroxylation sites is 1. The number of benzene rings is 2. The molecule has 2 aromatic carbocycles. The van der Waals surface area contributed by atoms with Crippen LogP contribution in [0.5, 0.6) is 0 Å². The molecule has 142 valence electrons. The third kappa shape index (κ3) is 1.98. The monoisotopic (exact) mass is 379 g/mol. The van der Waals surface area contributed by atoms with Gasteiger partial charge in [-0.3, -0.25) is 14.5 Å². The Balaban J connectivity index is 2.04. The summed E-state index contributed by atoms with van der Waals surface area (Å²) >= 11 is 0. The summed E-state index contributed by atoms with van der Waals surface area (Å²) in [6.07, 6.45) is 0. The molecule has 0 saturated carbocycles. The fourth-order valence-corrected chi connectivity index (χ4v) is 4.82. The van der Waals surface area contributed by atoms with Crippen LogP contribution in [0.2, 0.25) is 0 Å². The molecule has 28 heavy (non-hydrogen) atoms. The van der Waals surface area contributed by atoms with Crippen LogP contribution < -0.4 is 5.32 Å². The number of amides is 1. The lowest BCUT2D eigenvalue weighted by Gasteiger charge is -2.39. The Morgan fingerprint density at radius 3 is 2.61 bits per heavy atom. The van der Waals surface area contributed by atoms with Gasteiger partial charge in [-0.2, -0.15) is 5.26 Å². The number of methoxy groups -OCH3 is 1. The maximum absolute atomic E-state index is 13.5. The van der Waals surface area contributed by atoms with Crippen LogP contribution in [-0.2, 0) is 19.9 Å². The Morgan fingerprint density at radius 1 is 1.29 bits per heavy atom. The van der Waals surface area contributed by atoms with Crippen LogP contribution in [0.1, 0.15) is 17.0 Å². The minimum atomic E-state index is -1.84. The van der Waals surface area contributed by atoms with Crippen molar-refractivity contribution >= 4 is 17.6 Å². The molecule has 4 rings (SSSR count). The number of nitriles is 1. The Labute approximate surface area is 161 Å². The second-order valence-electron chi connectivity index (χ2n) is 7.11. The number of halogens is 1. The summed E-state index contributed by atoms with van der Waals surface area (Å²) < 4.78 is 18.5. The standard InChI is InChI=1S/C21H18FN3O3/c1-25-11-16(13-7-9-14(22)10-8-13)20(12-23,19(27)28-2)21(25)15-5-3-4-6-17(15)24-18(21)26/h3-10,16H,11H2,1-2H3,(H,24,26)/t16-,20+,21+/m1/s1. The molecule has 2 aliphatic rings. The molecule has 3 atom stereocenters. The van der Waals surface area contributed by atoms with E-state index < -0.39 is 34.6 Å². The van der Waals surface area contributed by atoms with Crippen molar-refractivity contribution < 1.29 is 18.7 Å². The lowest BCUT2D eigenvalue weighted by atomic mass is 9.61. The van der Waals surface area contributed by atoms with E-state index in [2.05, 4.69) is 11.4 Å². The Morgan fingerprint density at radius 2 is 1.96 bits per heavy atom. The van der Waals surface area contributed by atoms with Gasteiger partial charge in [-0.15, -0.1) is 0 Å². The third-order valence-corrected chi connectivity index (χ3v) is 5.97. The van der Waals surface area contributed by atoms with Crippen LogP contribution >= 0.6 is 0 Å². The molecule has 7 heteroatoms. The van der Waals surface area contributed by atoms with Crippen molar-refractivity contribution in [1.29, 1.82) is 5.26 Å². The highest BCUT2D eigenvalue weighted by atomic mass is 19.1. The zero-order valence-corrected chi connectivity index (χ0v) is 15.4. The number of rotatable bonds is 2. The molecule has 0 bridgehead atoms. The van der Waals surface area contributed by atoms with E-state index in [1.54, 1.807) is 48.3 Å². The quantitative estimate of drug-likeness (QED) is 0.810. The number of nitrogens with one attached hydrogen (secondary N) is 1. The van der Waals surface area contributed by atoms with E-state index in [4.69, 9.17) is 4.74 Å². The summed E-state index contributed by atoms with van der Waals surface area (Å²) in [5.41, 5.74) is -1.69. The summed E-state index contributed by atoms with van der Waals surface area (Å²) in [6.45, 7) is 0.246.